The normalized spacial score (nSPS) is 25.1. The van der Waals surface area contributed by atoms with Crippen molar-refractivity contribution in [1.29, 1.82) is 0 Å². The molecule has 1 heterocycles. The molecule has 0 aromatic carbocycles. The molecule has 0 aromatic rings. The van der Waals surface area contributed by atoms with Crippen molar-refractivity contribution in [3.63, 3.8) is 0 Å². The van der Waals surface area contributed by atoms with Crippen molar-refractivity contribution < 1.29 is 5.11 Å². The highest BCUT2D eigenvalue weighted by Crippen LogP contribution is 2.33. The van der Waals surface area contributed by atoms with Gasteiger partial charge in [-0.3, -0.25) is 0 Å². The quantitative estimate of drug-likeness (QED) is 0.624. The molecule has 0 aliphatic carbocycles. The van der Waals surface area contributed by atoms with Crippen LogP contribution in [-0.2, 0) is 0 Å². The van der Waals surface area contributed by atoms with E-state index in [0.29, 0.717) is 0 Å². The van der Waals surface area contributed by atoms with Crippen LogP contribution in [0.25, 0.3) is 0 Å². The summed E-state index contributed by atoms with van der Waals surface area (Å²) in [6, 6.07) is 0. The molecule has 0 saturated carbocycles. The summed E-state index contributed by atoms with van der Waals surface area (Å²) < 4.78 is 0. The van der Waals surface area contributed by atoms with Gasteiger partial charge in [-0.25, -0.2) is 0 Å². The van der Waals surface area contributed by atoms with Crippen LogP contribution in [0.15, 0.2) is 0 Å². The van der Waals surface area contributed by atoms with E-state index < -0.39 is 5.60 Å². The van der Waals surface area contributed by atoms with E-state index in [4.69, 9.17) is 5.73 Å². The first-order valence-electron chi connectivity index (χ1n) is 4.05. The van der Waals surface area contributed by atoms with Gasteiger partial charge in [0.15, 0.2) is 0 Å². The van der Waals surface area contributed by atoms with Crippen LogP contribution in [0.3, 0.4) is 0 Å². The third-order valence-corrected chi connectivity index (χ3v) is 3.59. The molecule has 1 rings (SSSR count). The average Bonchev–Trinajstić information content (AvgIpc) is 1.87. The zero-order valence-electron chi connectivity index (χ0n) is 7.26. The van der Waals surface area contributed by atoms with E-state index in [0.717, 1.165) is 24.3 Å². The van der Waals surface area contributed by atoms with Crippen LogP contribution in [0.5, 0.6) is 0 Å². The monoisotopic (exact) mass is 175 g/mol. The third-order valence-electron chi connectivity index (χ3n) is 2.60. The highest BCUT2D eigenvalue weighted by molar-refractivity contribution is 7.99. The molecule has 0 amide bonds. The van der Waals surface area contributed by atoms with E-state index in [1.54, 1.807) is 0 Å². The van der Waals surface area contributed by atoms with Gasteiger partial charge in [-0.2, -0.15) is 11.8 Å². The molecule has 1 aliphatic heterocycles. The molecule has 66 valence electrons. The fourth-order valence-corrected chi connectivity index (χ4v) is 2.57. The van der Waals surface area contributed by atoms with Crippen molar-refractivity contribution in [2.75, 3.05) is 11.5 Å². The Morgan fingerprint density at radius 3 is 2.09 bits per heavy atom. The molecule has 3 N–H and O–H groups in total. The number of hydrogen-bond donors (Lipinski definition) is 2. The molecule has 0 atom stereocenters. The van der Waals surface area contributed by atoms with Crippen molar-refractivity contribution in [1.82, 2.24) is 0 Å². The molecule has 11 heavy (non-hydrogen) atoms. The van der Waals surface area contributed by atoms with Gasteiger partial charge in [-0.15, -0.1) is 0 Å². The lowest BCUT2D eigenvalue weighted by molar-refractivity contribution is -0.00679. The molecule has 0 bridgehead atoms. The van der Waals surface area contributed by atoms with Crippen molar-refractivity contribution in [3.8, 4) is 0 Å². The Hall–Kier alpha value is 0.270. The third kappa shape index (κ3) is 1.89. The summed E-state index contributed by atoms with van der Waals surface area (Å²) in [5.74, 6) is 2.17. The summed E-state index contributed by atoms with van der Waals surface area (Å²) >= 11 is 1.92. The van der Waals surface area contributed by atoms with E-state index in [1.807, 2.05) is 25.6 Å². The molecule has 0 spiro atoms. The van der Waals surface area contributed by atoms with Crippen LogP contribution >= 0.6 is 11.8 Å². The van der Waals surface area contributed by atoms with Gasteiger partial charge < -0.3 is 10.8 Å². The molecular formula is C8H17NOS. The second-order valence-corrected chi connectivity index (χ2v) is 5.05. The Balaban J connectivity index is 2.64. The van der Waals surface area contributed by atoms with Crippen molar-refractivity contribution >= 4 is 11.8 Å². The van der Waals surface area contributed by atoms with E-state index >= 15 is 0 Å². The first-order chi connectivity index (χ1) is 4.96. The smallest absolute Gasteiger partial charge is 0.0771 e. The molecule has 3 heteroatoms. The minimum atomic E-state index is -0.728. The second-order valence-electron chi connectivity index (χ2n) is 3.83. The van der Waals surface area contributed by atoms with Gasteiger partial charge in [0.1, 0.15) is 0 Å². The predicted octanol–water partition coefficient (Wildman–Crippen LogP) is 0.982. The van der Waals surface area contributed by atoms with Gasteiger partial charge >= 0.3 is 0 Å². The number of nitrogens with two attached hydrogens (primary N) is 1. The topological polar surface area (TPSA) is 46.2 Å². The number of aliphatic hydroxyl groups is 1. The first kappa shape index (κ1) is 9.36. The maximum Gasteiger partial charge on any atom is 0.0771 e. The van der Waals surface area contributed by atoms with Gasteiger partial charge in [0.25, 0.3) is 0 Å². The lowest BCUT2D eigenvalue weighted by atomic mass is 9.78. The van der Waals surface area contributed by atoms with Crippen LogP contribution in [0.2, 0.25) is 0 Å². The van der Waals surface area contributed by atoms with Crippen LogP contribution in [0.4, 0.5) is 0 Å². The summed E-state index contributed by atoms with van der Waals surface area (Å²) in [6.07, 6.45) is 1.86. The SMILES string of the molecule is CC(C)(O)C1(N)CCSCC1. The summed E-state index contributed by atoms with van der Waals surface area (Å²) in [7, 11) is 0. The van der Waals surface area contributed by atoms with E-state index in [1.165, 1.54) is 0 Å². The maximum atomic E-state index is 9.77. The standard InChI is InChI=1S/C8H17NOS/c1-7(2,10)8(9)3-5-11-6-4-8/h10H,3-6,9H2,1-2H3. The summed E-state index contributed by atoms with van der Waals surface area (Å²) in [6.45, 7) is 3.62. The number of thioether (sulfide) groups is 1. The zero-order chi connectivity index (χ0) is 8.54. The summed E-state index contributed by atoms with van der Waals surface area (Å²) in [4.78, 5) is 0. The van der Waals surface area contributed by atoms with E-state index in [2.05, 4.69) is 0 Å². The number of hydrogen-bond acceptors (Lipinski definition) is 3. The molecule has 2 nitrogen and oxygen atoms in total. The lowest BCUT2D eigenvalue weighted by Crippen LogP contribution is -2.59. The minimum Gasteiger partial charge on any atom is -0.389 e. The Kier molecular flexibility index (Phi) is 2.52. The maximum absolute atomic E-state index is 9.77. The molecule has 1 fully saturated rings. The Morgan fingerprint density at radius 2 is 1.82 bits per heavy atom. The summed E-state index contributed by atoms with van der Waals surface area (Å²) in [5.41, 5.74) is 5.00. The minimum absolute atomic E-state index is 0.349. The second kappa shape index (κ2) is 2.96. The van der Waals surface area contributed by atoms with Crippen LogP contribution in [-0.4, -0.2) is 27.8 Å². The van der Waals surface area contributed by atoms with Gasteiger partial charge in [0, 0.05) is 5.54 Å². The van der Waals surface area contributed by atoms with Crippen molar-refractivity contribution in [2.24, 2.45) is 5.73 Å². The van der Waals surface area contributed by atoms with Crippen LogP contribution < -0.4 is 5.73 Å². The lowest BCUT2D eigenvalue weighted by Gasteiger charge is -2.42. The molecule has 0 unspecified atom stereocenters. The molecule has 1 aliphatic rings. The van der Waals surface area contributed by atoms with Gasteiger partial charge in [-0.05, 0) is 38.2 Å². The Morgan fingerprint density at radius 1 is 1.36 bits per heavy atom. The van der Waals surface area contributed by atoms with Crippen molar-refractivity contribution in [2.45, 2.75) is 37.8 Å². The average molecular weight is 175 g/mol. The van der Waals surface area contributed by atoms with Gasteiger partial charge in [0.05, 0.1) is 5.60 Å². The van der Waals surface area contributed by atoms with E-state index in [9.17, 15) is 5.11 Å². The van der Waals surface area contributed by atoms with Gasteiger partial charge in [-0.1, -0.05) is 0 Å². The van der Waals surface area contributed by atoms with Crippen molar-refractivity contribution in [3.05, 3.63) is 0 Å². The molecule has 1 saturated heterocycles. The fraction of sp³-hybridized carbons (Fsp3) is 1.00. The van der Waals surface area contributed by atoms with Crippen LogP contribution in [0.1, 0.15) is 26.7 Å². The molecule has 0 radical (unpaired) electrons. The summed E-state index contributed by atoms with van der Waals surface area (Å²) in [5, 5.41) is 9.77. The largest absolute Gasteiger partial charge is 0.389 e. The molecular weight excluding hydrogens is 158 g/mol. The Labute approximate surface area is 72.5 Å². The fourth-order valence-electron chi connectivity index (χ4n) is 1.35. The van der Waals surface area contributed by atoms with Gasteiger partial charge in [0.2, 0.25) is 0 Å². The first-order valence-corrected chi connectivity index (χ1v) is 5.20. The Bertz CT molecular complexity index is 136. The molecule has 0 aromatic heterocycles. The predicted molar refractivity (Wildman–Crippen MR) is 49.8 cm³/mol. The highest BCUT2D eigenvalue weighted by Gasteiger charge is 2.40. The zero-order valence-corrected chi connectivity index (χ0v) is 8.08. The van der Waals surface area contributed by atoms with Crippen LogP contribution in [0, 0.1) is 0 Å². The highest BCUT2D eigenvalue weighted by atomic mass is 32.2. The van der Waals surface area contributed by atoms with E-state index in [-0.39, 0.29) is 5.54 Å². The number of rotatable bonds is 1.